The molecule has 1 aromatic rings. The van der Waals surface area contributed by atoms with Crippen LogP contribution in [0.4, 0.5) is 18.0 Å². The third kappa shape index (κ3) is 11.8. The Balaban J connectivity index is 0.864. The number of unbranched alkanes of at least 4 members (excludes halogenated alkanes) is 3. The van der Waals surface area contributed by atoms with Gasteiger partial charge in [-0.1, -0.05) is 18.9 Å². The summed E-state index contributed by atoms with van der Waals surface area (Å²) in [7, 11) is 0. The van der Waals surface area contributed by atoms with Crippen molar-refractivity contribution in [2.45, 2.75) is 93.4 Å². The van der Waals surface area contributed by atoms with Crippen LogP contribution in [-0.2, 0) is 39.2 Å². The zero-order chi connectivity index (χ0) is 40.1. The Morgan fingerprint density at radius 2 is 1.52 bits per heavy atom. The Kier molecular flexibility index (Phi) is 15.3. The molecule has 3 saturated heterocycles. The van der Waals surface area contributed by atoms with E-state index in [-0.39, 0.29) is 87.1 Å². The number of carbonyl (C=O) groups is 6. The fraction of sp³-hybridized carbons (Fsp3) is 0.657. The molecule has 3 fully saturated rings. The number of hydrogen-bond donors (Lipinski definition) is 4. The van der Waals surface area contributed by atoms with Gasteiger partial charge in [-0.25, -0.2) is 9.59 Å². The highest BCUT2D eigenvalue weighted by molar-refractivity contribution is 8.00. The summed E-state index contributed by atoms with van der Waals surface area (Å²) in [6.07, 6.45) is 0.673. The number of halogens is 3. The standard InChI is InChI=1S/C35H46F3N7O10S/c36-35(37,38)34(43-44-34)22-9-10-23(32(50)55-45-29(48)11-12-30(45)49)25(20-22)54-19-18-53-17-16-52-15-14-40-28(47)7-2-1-5-13-39-27(46)8-4-3-6-26-31-24(21-56-26)41-33(51)42-31/h9-10,20,24,26,31H,1-8,11-19,21H2,(H,39,46)(H,40,47)(H2,41,42,51)/t24-,26-,31-/m0/s1. The number of rotatable bonds is 24. The summed E-state index contributed by atoms with van der Waals surface area (Å²) >= 11 is 1.87. The molecule has 17 nitrogen and oxygen atoms in total. The van der Waals surface area contributed by atoms with Crippen molar-refractivity contribution >= 4 is 47.4 Å². The number of alkyl halides is 3. The molecule has 308 valence electrons. The molecule has 5 rings (SSSR count). The second-order valence-corrected chi connectivity index (χ2v) is 14.8. The van der Waals surface area contributed by atoms with E-state index >= 15 is 0 Å². The van der Waals surface area contributed by atoms with Crippen LogP contribution in [0.3, 0.4) is 0 Å². The summed E-state index contributed by atoms with van der Waals surface area (Å²) in [5, 5.41) is 18.6. The molecule has 4 aliphatic heterocycles. The van der Waals surface area contributed by atoms with Crippen LogP contribution in [-0.4, -0.2) is 116 Å². The Labute approximate surface area is 324 Å². The highest BCUT2D eigenvalue weighted by Crippen LogP contribution is 2.53. The smallest absolute Gasteiger partial charge is 0.442 e. The second-order valence-electron chi connectivity index (χ2n) is 13.5. The maximum atomic E-state index is 13.6. The average molecular weight is 814 g/mol. The molecular weight excluding hydrogens is 767 g/mol. The van der Waals surface area contributed by atoms with E-state index in [0.717, 1.165) is 56.1 Å². The average Bonchev–Trinajstić information content (AvgIpc) is 3.69. The minimum atomic E-state index is -4.83. The number of urea groups is 1. The van der Waals surface area contributed by atoms with Gasteiger partial charge in [0.25, 0.3) is 11.8 Å². The van der Waals surface area contributed by atoms with Gasteiger partial charge >= 0.3 is 23.8 Å². The van der Waals surface area contributed by atoms with Crippen molar-refractivity contribution in [3.63, 3.8) is 0 Å². The van der Waals surface area contributed by atoms with E-state index in [2.05, 4.69) is 31.5 Å². The van der Waals surface area contributed by atoms with Crippen molar-refractivity contribution in [1.82, 2.24) is 26.3 Å². The number of nitrogens with zero attached hydrogens (tertiary/aromatic N) is 3. The van der Waals surface area contributed by atoms with E-state index in [1.165, 1.54) is 0 Å². The normalized spacial score (nSPS) is 20.7. The highest BCUT2D eigenvalue weighted by Gasteiger charge is 2.65. The van der Waals surface area contributed by atoms with Gasteiger partial charge in [-0.3, -0.25) is 19.2 Å². The van der Waals surface area contributed by atoms with E-state index in [1.54, 1.807) is 0 Å². The molecule has 0 radical (unpaired) electrons. The molecule has 4 aliphatic rings. The van der Waals surface area contributed by atoms with Crippen LogP contribution in [0.2, 0.25) is 0 Å². The van der Waals surface area contributed by atoms with Gasteiger partial charge in [0, 0.05) is 55.3 Å². The van der Waals surface area contributed by atoms with Crippen molar-refractivity contribution in [3.05, 3.63) is 29.3 Å². The van der Waals surface area contributed by atoms with Gasteiger partial charge in [-0.05, 0) is 37.8 Å². The van der Waals surface area contributed by atoms with Gasteiger partial charge in [0.2, 0.25) is 11.8 Å². The number of benzene rings is 1. The van der Waals surface area contributed by atoms with E-state index in [9.17, 15) is 41.9 Å². The number of ether oxygens (including phenoxy) is 3. The Hall–Kier alpha value is -4.50. The lowest BCUT2D eigenvalue weighted by molar-refractivity contribution is -0.172. The summed E-state index contributed by atoms with van der Waals surface area (Å²) in [5.74, 6) is -2.11. The van der Waals surface area contributed by atoms with Crippen molar-refractivity contribution in [1.29, 1.82) is 0 Å². The van der Waals surface area contributed by atoms with Crippen LogP contribution < -0.4 is 26.0 Å². The SMILES string of the molecule is O=C(CCCC[C@@H]1SC[C@@H]2NC(=O)N[C@@H]21)NCCCCCC(=O)NCCOCCOCCOc1cc(C2(C(F)(F)F)N=N2)ccc1C(=O)ON1C(=O)CCC1=O. The topological polar surface area (TPSA) is 215 Å². The van der Waals surface area contributed by atoms with Gasteiger partial charge in [0.05, 0.1) is 38.5 Å². The molecule has 21 heteroatoms. The van der Waals surface area contributed by atoms with Crippen LogP contribution in [0, 0.1) is 0 Å². The fourth-order valence-corrected chi connectivity index (χ4v) is 7.86. The van der Waals surface area contributed by atoms with Crippen molar-refractivity contribution in [2.75, 3.05) is 51.9 Å². The first-order chi connectivity index (χ1) is 26.9. The summed E-state index contributed by atoms with van der Waals surface area (Å²) in [4.78, 5) is 77.1. The van der Waals surface area contributed by atoms with E-state index in [0.29, 0.717) is 42.7 Å². The van der Waals surface area contributed by atoms with Crippen LogP contribution in [0.1, 0.15) is 80.1 Å². The number of amides is 6. The molecule has 56 heavy (non-hydrogen) atoms. The predicted octanol–water partition coefficient (Wildman–Crippen LogP) is 3.02. The first-order valence-electron chi connectivity index (χ1n) is 18.6. The molecule has 0 saturated carbocycles. The number of hydrogen-bond acceptors (Lipinski definition) is 13. The maximum absolute atomic E-state index is 13.6. The molecule has 0 aromatic heterocycles. The lowest BCUT2D eigenvalue weighted by atomic mass is 10.0. The Morgan fingerprint density at radius 3 is 2.21 bits per heavy atom. The summed E-state index contributed by atoms with van der Waals surface area (Å²) in [6, 6.07) is 3.24. The van der Waals surface area contributed by atoms with Crippen LogP contribution >= 0.6 is 11.8 Å². The summed E-state index contributed by atoms with van der Waals surface area (Å²) in [6.45, 7) is 1.19. The summed E-state index contributed by atoms with van der Waals surface area (Å²) in [5.41, 5.74) is -3.51. The Bertz CT molecular complexity index is 1610. The molecule has 1 aromatic carbocycles. The van der Waals surface area contributed by atoms with Crippen LogP contribution in [0.5, 0.6) is 5.75 Å². The molecule has 0 spiro atoms. The Morgan fingerprint density at radius 1 is 0.857 bits per heavy atom. The second kappa shape index (κ2) is 20.1. The molecule has 0 unspecified atom stereocenters. The third-order valence-corrected chi connectivity index (χ3v) is 10.9. The zero-order valence-electron chi connectivity index (χ0n) is 30.7. The van der Waals surface area contributed by atoms with E-state index in [1.807, 2.05) is 11.8 Å². The third-order valence-electron chi connectivity index (χ3n) is 9.39. The first-order valence-corrected chi connectivity index (χ1v) is 19.7. The van der Waals surface area contributed by atoms with Crippen LogP contribution in [0.15, 0.2) is 28.4 Å². The lowest BCUT2D eigenvalue weighted by Gasteiger charge is -2.18. The monoisotopic (exact) mass is 813 g/mol. The van der Waals surface area contributed by atoms with Crippen molar-refractivity contribution in [3.8, 4) is 5.75 Å². The highest BCUT2D eigenvalue weighted by atomic mass is 32.2. The maximum Gasteiger partial charge on any atom is 0.442 e. The number of imide groups is 1. The van der Waals surface area contributed by atoms with E-state index < -0.39 is 35.2 Å². The number of hydroxylamine groups is 2. The molecule has 3 atom stereocenters. The molecule has 6 amide bonds. The number of thioether (sulfide) groups is 1. The fourth-order valence-electron chi connectivity index (χ4n) is 6.32. The van der Waals surface area contributed by atoms with Crippen molar-refractivity contribution < 1.29 is 61.0 Å². The van der Waals surface area contributed by atoms with Gasteiger partial charge in [0.15, 0.2) is 0 Å². The van der Waals surface area contributed by atoms with Crippen molar-refractivity contribution in [2.24, 2.45) is 10.2 Å². The summed E-state index contributed by atoms with van der Waals surface area (Å²) < 4.78 is 57.2. The number of fused-ring (bicyclic) bond motifs is 1. The van der Waals surface area contributed by atoms with Gasteiger partial charge < -0.3 is 40.3 Å². The largest absolute Gasteiger partial charge is 0.490 e. The molecular formula is C35H46F3N7O10S. The number of carbonyl (C=O) groups excluding carboxylic acids is 6. The molecule has 4 N–H and O–H groups in total. The zero-order valence-corrected chi connectivity index (χ0v) is 31.5. The molecule has 0 bridgehead atoms. The minimum Gasteiger partial charge on any atom is -0.490 e. The van der Waals surface area contributed by atoms with E-state index in [4.69, 9.17) is 19.0 Å². The number of nitrogens with one attached hydrogen (secondary N) is 4. The van der Waals surface area contributed by atoms with Gasteiger partial charge in [0.1, 0.15) is 17.9 Å². The molecule has 0 aliphatic carbocycles. The predicted molar refractivity (Wildman–Crippen MR) is 191 cm³/mol. The lowest BCUT2D eigenvalue weighted by Crippen LogP contribution is -2.36. The minimum absolute atomic E-state index is 0.0225. The van der Waals surface area contributed by atoms with Gasteiger partial charge in [-0.2, -0.15) is 24.9 Å². The van der Waals surface area contributed by atoms with Gasteiger partial charge in [-0.15, -0.1) is 15.3 Å². The molecule has 4 heterocycles. The first kappa shape index (κ1) is 42.6. The van der Waals surface area contributed by atoms with Crippen LogP contribution in [0.25, 0.3) is 0 Å². The quantitative estimate of drug-likeness (QED) is 0.0676.